The van der Waals surface area contributed by atoms with E-state index in [-0.39, 0.29) is 17.9 Å². The van der Waals surface area contributed by atoms with Crippen LogP contribution in [-0.2, 0) is 4.79 Å². The Bertz CT molecular complexity index is 1190. The second kappa shape index (κ2) is 12.6. The highest BCUT2D eigenvalue weighted by atomic mass is 35.5. The number of esters is 1. The zero-order valence-corrected chi connectivity index (χ0v) is 20.5. The molecule has 3 rings (SSSR count). The Labute approximate surface area is 209 Å². The predicted octanol–water partition coefficient (Wildman–Crippen LogP) is 5.61. The summed E-state index contributed by atoms with van der Waals surface area (Å²) in [6.07, 6.45) is 2.50. The number of nitrogens with zero attached hydrogens (tertiary/aromatic N) is 1. The summed E-state index contributed by atoms with van der Waals surface area (Å²) in [5.74, 6) is 0.643. The fraction of sp³-hybridized carbons (Fsp3) is 0.222. The Morgan fingerprint density at radius 2 is 1.80 bits per heavy atom. The highest BCUT2D eigenvalue weighted by Crippen LogP contribution is 2.29. The van der Waals surface area contributed by atoms with Crippen molar-refractivity contribution in [2.75, 3.05) is 13.7 Å². The fourth-order valence-corrected chi connectivity index (χ4v) is 3.33. The molecule has 0 aliphatic rings. The summed E-state index contributed by atoms with van der Waals surface area (Å²) in [5, 5.41) is 4.24. The van der Waals surface area contributed by atoms with E-state index in [1.807, 2.05) is 24.3 Å². The number of carbonyl (C=O) groups excluding carboxylic acids is 2. The number of methoxy groups -OCH3 is 1. The Balaban J connectivity index is 1.53. The molecule has 0 heterocycles. The van der Waals surface area contributed by atoms with Crippen molar-refractivity contribution < 1.29 is 23.8 Å². The zero-order chi connectivity index (χ0) is 25.2. The molecule has 0 aromatic heterocycles. The second-order valence-electron chi connectivity index (χ2n) is 7.74. The third-order valence-electron chi connectivity index (χ3n) is 5.32. The maximum Gasteiger partial charge on any atom is 0.345 e. The molecule has 3 aromatic rings. The average molecular weight is 495 g/mol. The van der Waals surface area contributed by atoms with Crippen LogP contribution in [0, 0.1) is 0 Å². The molecule has 1 amide bonds. The van der Waals surface area contributed by atoms with Crippen molar-refractivity contribution in [2.45, 2.75) is 26.2 Å². The number of hydrogen-bond donors (Lipinski definition) is 1. The van der Waals surface area contributed by atoms with Gasteiger partial charge in [-0.1, -0.05) is 49.7 Å². The van der Waals surface area contributed by atoms with Gasteiger partial charge in [-0.05, 0) is 65.9 Å². The average Bonchev–Trinajstić information content (AvgIpc) is 2.88. The lowest BCUT2D eigenvalue weighted by molar-refractivity contribution is -0.123. The van der Waals surface area contributed by atoms with Crippen LogP contribution in [0.3, 0.4) is 0 Å². The van der Waals surface area contributed by atoms with Gasteiger partial charge in [0, 0.05) is 0 Å². The number of rotatable bonds is 10. The molecule has 3 aromatic carbocycles. The van der Waals surface area contributed by atoms with Crippen molar-refractivity contribution in [3.05, 3.63) is 88.4 Å². The zero-order valence-electron chi connectivity index (χ0n) is 19.8. The molecule has 1 atom stereocenters. The van der Waals surface area contributed by atoms with Gasteiger partial charge >= 0.3 is 5.97 Å². The first-order valence-electron chi connectivity index (χ1n) is 11.1. The number of hydrogen-bond acceptors (Lipinski definition) is 6. The lowest BCUT2D eigenvalue weighted by Crippen LogP contribution is -2.24. The van der Waals surface area contributed by atoms with Crippen LogP contribution in [0.5, 0.6) is 17.2 Å². The maximum absolute atomic E-state index is 12.4. The second-order valence-corrected chi connectivity index (χ2v) is 8.15. The molecule has 0 saturated heterocycles. The Morgan fingerprint density at radius 3 is 2.49 bits per heavy atom. The standard InChI is InChI=1S/C27H27ClN2O5/c1-4-18(2)20-10-12-21(13-11-20)34-17-26(31)30-29-16-19-9-14-24(25(15-19)33-3)35-27(32)22-7-5-6-8-23(22)28/h5-16,18H,4,17H2,1-3H3,(H,30,31)/b29-16-/t18-/m0/s1. The first-order valence-corrected chi connectivity index (χ1v) is 11.5. The molecule has 7 nitrogen and oxygen atoms in total. The van der Waals surface area contributed by atoms with Crippen LogP contribution in [0.25, 0.3) is 0 Å². The van der Waals surface area contributed by atoms with Gasteiger partial charge in [0.25, 0.3) is 5.91 Å². The van der Waals surface area contributed by atoms with Gasteiger partial charge in [0.15, 0.2) is 18.1 Å². The van der Waals surface area contributed by atoms with E-state index in [1.165, 1.54) is 18.9 Å². The molecule has 0 spiro atoms. The lowest BCUT2D eigenvalue weighted by Gasteiger charge is -2.11. The Hall–Kier alpha value is -3.84. The van der Waals surface area contributed by atoms with Crippen LogP contribution in [0.2, 0.25) is 5.02 Å². The fourth-order valence-electron chi connectivity index (χ4n) is 3.12. The van der Waals surface area contributed by atoms with E-state index in [2.05, 4.69) is 24.4 Å². The summed E-state index contributed by atoms with van der Waals surface area (Å²) in [6.45, 7) is 4.14. The molecule has 0 saturated carbocycles. The van der Waals surface area contributed by atoms with Gasteiger partial charge in [0.1, 0.15) is 5.75 Å². The summed E-state index contributed by atoms with van der Waals surface area (Å²) >= 11 is 6.05. The van der Waals surface area contributed by atoms with Gasteiger partial charge in [-0.3, -0.25) is 4.79 Å². The quantitative estimate of drug-likeness (QED) is 0.171. The summed E-state index contributed by atoms with van der Waals surface area (Å²) in [6, 6.07) is 19.2. The smallest absolute Gasteiger partial charge is 0.345 e. The van der Waals surface area contributed by atoms with E-state index >= 15 is 0 Å². The topological polar surface area (TPSA) is 86.2 Å². The monoisotopic (exact) mass is 494 g/mol. The van der Waals surface area contributed by atoms with Gasteiger partial charge in [0.05, 0.1) is 23.9 Å². The first-order chi connectivity index (χ1) is 16.9. The van der Waals surface area contributed by atoms with Crippen molar-refractivity contribution in [1.29, 1.82) is 0 Å². The number of amides is 1. The van der Waals surface area contributed by atoms with Crippen LogP contribution < -0.4 is 19.6 Å². The molecule has 0 aliphatic heterocycles. The van der Waals surface area contributed by atoms with Crippen molar-refractivity contribution in [2.24, 2.45) is 5.10 Å². The largest absolute Gasteiger partial charge is 0.493 e. The van der Waals surface area contributed by atoms with Gasteiger partial charge in [-0.15, -0.1) is 0 Å². The highest BCUT2D eigenvalue weighted by molar-refractivity contribution is 6.33. The SMILES string of the molecule is CC[C@H](C)c1ccc(OCC(=O)N/N=C\c2ccc(OC(=O)c3ccccc3Cl)c(OC)c2)cc1. The van der Waals surface area contributed by atoms with E-state index in [1.54, 1.807) is 42.5 Å². The summed E-state index contributed by atoms with van der Waals surface area (Å²) in [5.41, 5.74) is 4.52. The van der Waals surface area contributed by atoms with Crippen LogP contribution in [0.1, 0.15) is 47.7 Å². The van der Waals surface area contributed by atoms with E-state index in [0.717, 1.165) is 6.42 Å². The van der Waals surface area contributed by atoms with Crippen LogP contribution in [0.15, 0.2) is 71.8 Å². The summed E-state index contributed by atoms with van der Waals surface area (Å²) in [7, 11) is 1.46. The third kappa shape index (κ3) is 7.32. The number of carbonyl (C=O) groups is 2. The van der Waals surface area contributed by atoms with E-state index in [9.17, 15) is 9.59 Å². The lowest BCUT2D eigenvalue weighted by atomic mass is 9.99. The molecule has 182 valence electrons. The number of ether oxygens (including phenoxy) is 3. The third-order valence-corrected chi connectivity index (χ3v) is 5.65. The van der Waals surface area contributed by atoms with Gasteiger partial charge in [-0.25, -0.2) is 10.2 Å². The molecular formula is C27H27ClN2O5. The first kappa shape index (κ1) is 25.8. The minimum atomic E-state index is -0.600. The van der Waals surface area contributed by atoms with E-state index in [4.69, 9.17) is 25.8 Å². The maximum atomic E-state index is 12.4. The predicted molar refractivity (Wildman–Crippen MR) is 136 cm³/mol. The molecule has 35 heavy (non-hydrogen) atoms. The van der Waals surface area contributed by atoms with Crippen molar-refractivity contribution in [3.8, 4) is 17.2 Å². The number of benzene rings is 3. The number of nitrogens with one attached hydrogen (secondary N) is 1. The Kier molecular flexibility index (Phi) is 9.26. The normalized spacial score (nSPS) is 11.7. The van der Waals surface area contributed by atoms with Crippen molar-refractivity contribution in [3.63, 3.8) is 0 Å². The molecule has 0 radical (unpaired) electrons. The Morgan fingerprint density at radius 1 is 1.06 bits per heavy atom. The molecule has 0 bridgehead atoms. The van der Waals surface area contributed by atoms with Gasteiger partial charge in [-0.2, -0.15) is 5.10 Å². The van der Waals surface area contributed by atoms with Gasteiger partial charge in [0.2, 0.25) is 0 Å². The minimum absolute atomic E-state index is 0.166. The molecule has 1 N–H and O–H groups in total. The van der Waals surface area contributed by atoms with E-state index < -0.39 is 11.9 Å². The van der Waals surface area contributed by atoms with Crippen molar-refractivity contribution in [1.82, 2.24) is 5.43 Å². The van der Waals surface area contributed by atoms with Crippen LogP contribution in [-0.4, -0.2) is 31.8 Å². The summed E-state index contributed by atoms with van der Waals surface area (Å²) in [4.78, 5) is 24.5. The van der Waals surface area contributed by atoms with Crippen LogP contribution >= 0.6 is 11.6 Å². The molecular weight excluding hydrogens is 468 g/mol. The molecule has 0 aliphatic carbocycles. The number of hydrazone groups is 1. The van der Waals surface area contributed by atoms with E-state index in [0.29, 0.717) is 28.0 Å². The minimum Gasteiger partial charge on any atom is -0.493 e. The molecule has 0 unspecified atom stereocenters. The molecule has 8 heteroatoms. The summed E-state index contributed by atoms with van der Waals surface area (Å²) < 4.78 is 16.3. The molecule has 0 fully saturated rings. The highest BCUT2D eigenvalue weighted by Gasteiger charge is 2.15. The van der Waals surface area contributed by atoms with Crippen molar-refractivity contribution >= 4 is 29.7 Å². The van der Waals surface area contributed by atoms with Gasteiger partial charge < -0.3 is 14.2 Å². The van der Waals surface area contributed by atoms with Crippen LogP contribution in [0.4, 0.5) is 0 Å². The number of halogens is 1.